The molecule has 0 aromatic carbocycles. The topological polar surface area (TPSA) is 76.3 Å². The molecule has 0 bridgehead atoms. The molecule has 1 fully saturated rings. The van der Waals surface area contributed by atoms with Crippen LogP contribution in [0.15, 0.2) is 23.2 Å². The van der Waals surface area contributed by atoms with Gasteiger partial charge in [0.2, 0.25) is 10.0 Å². The maximum absolute atomic E-state index is 12.6. The number of rotatable bonds is 4. The Morgan fingerprint density at radius 3 is 2.70 bits per heavy atom. The van der Waals surface area contributed by atoms with Crippen LogP contribution in [0.4, 0.5) is 0 Å². The van der Waals surface area contributed by atoms with Crippen LogP contribution in [0.25, 0.3) is 0 Å². The van der Waals surface area contributed by atoms with E-state index in [1.807, 2.05) is 0 Å². The maximum Gasteiger partial charge on any atom is 0.244 e. The lowest BCUT2D eigenvalue weighted by Crippen LogP contribution is -2.39. The van der Waals surface area contributed by atoms with Gasteiger partial charge in [-0.2, -0.15) is 4.31 Å². The van der Waals surface area contributed by atoms with Gasteiger partial charge in [-0.1, -0.05) is 19.8 Å². The fraction of sp³-hybridized carbons (Fsp3) is 0.643. The van der Waals surface area contributed by atoms with E-state index in [9.17, 15) is 8.42 Å². The summed E-state index contributed by atoms with van der Waals surface area (Å²) in [6.45, 7) is 2.50. The van der Waals surface area contributed by atoms with E-state index >= 15 is 0 Å². The molecule has 1 saturated carbocycles. The summed E-state index contributed by atoms with van der Waals surface area (Å²) < 4.78 is 26.7. The van der Waals surface area contributed by atoms with Crippen LogP contribution in [0.2, 0.25) is 0 Å². The molecule has 0 aliphatic heterocycles. The molecule has 1 aliphatic rings. The third-order valence-corrected chi connectivity index (χ3v) is 6.00. The van der Waals surface area contributed by atoms with Crippen LogP contribution < -0.4 is 5.73 Å². The summed E-state index contributed by atoms with van der Waals surface area (Å²) in [7, 11) is -1.78. The molecular weight excluding hydrogens is 274 g/mol. The Labute approximate surface area is 121 Å². The molecule has 1 heterocycles. The molecule has 2 rings (SSSR count). The minimum atomic E-state index is -3.46. The van der Waals surface area contributed by atoms with Crippen molar-refractivity contribution in [3.8, 4) is 0 Å². The molecule has 0 spiro atoms. The quantitative estimate of drug-likeness (QED) is 0.918. The Balaban J connectivity index is 2.19. The van der Waals surface area contributed by atoms with Crippen molar-refractivity contribution in [1.82, 2.24) is 9.29 Å². The van der Waals surface area contributed by atoms with E-state index in [2.05, 4.69) is 11.9 Å². The van der Waals surface area contributed by atoms with Gasteiger partial charge >= 0.3 is 0 Å². The first-order valence-corrected chi connectivity index (χ1v) is 8.52. The second kappa shape index (κ2) is 6.20. The van der Waals surface area contributed by atoms with Gasteiger partial charge in [-0.15, -0.1) is 0 Å². The fourth-order valence-corrected chi connectivity index (χ4v) is 4.12. The van der Waals surface area contributed by atoms with Gasteiger partial charge in [0.25, 0.3) is 0 Å². The van der Waals surface area contributed by atoms with Crippen molar-refractivity contribution in [2.75, 3.05) is 7.05 Å². The summed E-state index contributed by atoms with van der Waals surface area (Å²) in [6.07, 6.45) is 5.56. The number of sulfonamides is 1. The van der Waals surface area contributed by atoms with E-state index in [0.717, 1.165) is 19.3 Å². The zero-order valence-corrected chi connectivity index (χ0v) is 12.9. The van der Waals surface area contributed by atoms with Crippen LogP contribution in [-0.4, -0.2) is 30.8 Å². The van der Waals surface area contributed by atoms with Crippen molar-refractivity contribution in [3.05, 3.63) is 24.0 Å². The lowest BCUT2D eigenvalue weighted by molar-refractivity contribution is 0.239. The average Bonchev–Trinajstić information content (AvgIpc) is 2.46. The number of hydrogen-bond donors (Lipinski definition) is 1. The van der Waals surface area contributed by atoms with Crippen molar-refractivity contribution in [3.63, 3.8) is 0 Å². The first-order chi connectivity index (χ1) is 9.45. The summed E-state index contributed by atoms with van der Waals surface area (Å²) in [6, 6.07) is 3.36. The predicted molar refractivity (Wildman–Crippen MR) is 78.5 cm³/mol. The van der Waals surface area contributed by atoms with E-state index in [4.69, 9.17) is 5.73 Å². The molecule has 112 valence electrons. The lowest BCUT2D eigenvalue weighted by atomic mass is 9.87. The van der Waals surface area contributed by atoms with Gasteiger partial charge in [0.1, 0.15) is 4.90 Å². The highest BCUT2D eigenvalue weighted by Gasteiger charge is 2.31. The number of nitrogens with two attached hydrogens (primary N) is 1. The predicted octanol–water partition coefficient (Wildman–Crippen LogP) is 1.74. The largest absolute Gasteiger partial charge is 0.325 e. The Kier molecular flexibility index (Phi) is 4.78. The Bertz CT molecular complexity index is 542. The molecule has 0 saturated heterocycles. The zero-order valence-electron chi connectivity index (χ0n) is 12.1. The normalized spacial score (nSPS) is 24.0. The van der Waals surface area contributed by atoms with Gasteiger partial charge < -0.3 is 5.73 Å². The Hall–Kier alpha value is -0.980. The van der Waals surface area contributed by atoms with Gasteiger partial charge in [-0.05, 0) is 30.9 Å². The van der Waals surface area contributed by atoms with Gasteiger partial charge in [-0.3, -0.25) is 4.98 Å². The fourth-order valence-electron chi connectivity index (χ4n) is 2.78. The molecule has 20 heavy (non-hydrogen) atoms. The molecule has 5 nitrogen and oxygen atoms in total. The second-order valence-corrected chi connectivity index (χ2v) is 7.63. The van der Waals surface area contributed by atoms with Gasteiger partial charge in [0.15, 0.2) is 0 Å². The van der Waals surface area contributed by atoms with E-state index in [1.54, 1.807) is 19.2 Å². The molecule has 1 aliphatic carbocycles. The molecule has 2 atom stereocenters. The smallest absolute Gasteiger partial charge is 0.244 e. The molecule has 6 heteroatoms. The summed E-state index contributed by atoms with van der Waals surface area (Å²) in [4.78, 5) is 4.32. The summed E-state index contributed by atoms with van der Waals surface area (Å²) in [5, 5.41) is 0. The highest BCUT2D eigenvalue weighted by Crippen LogP contribution is 2.29. The van der Waals surface area contributed by atoms with Gasteiger partial charge in [-0.25, -0.2) is 8.42 Å². The lowest BCUT2D eigenvalue weighted by Gasteiger charge is -2.33. The molecule has 2 N–H and O–H groups in total. The second-order valence-electron chi connectivity index (χ2n) is 5.64. The van der Waals surface area contributed by atoms with Crippen LogP contribution in [0.5, 0.6) is 0 Å². The van der Waals surface area contributed by atoms with Crippen molar-refractivity contribution in [2.45, 2.75) is 50.1 Å². The van der Waals surface area contributed by atoms with E-state index in [1.165, 1.54) is 16.9 Å². The number of pyridine rings is 1. The number of hydrogen-bond acceptors (Lipinski definition) is 4. The molecule has 0 radical (unpaired) electrons. The third kappa shape index (κ3) is 3.19. The average molecular weight is 297 g/mol. The minimum Gasteiger partial charge on any atom is -0.325 e. The number of nitrogens with zero attached hydrogens (tertiary/aromatic N) is 2. The summed E-state index contributed by atoms with van der Waals surface area (Å²) in [5.74, 6) is 0.587. The SMILES string of the molecule is CC1CCCC(N(C)S(=O)(=O)c2ccc(CN)nc2)C1. The van der Waals surface area contributed by atoms with E-state index < -0.39 is 10.0 Å². The first kappa shape index (κ1) is 15.4. The van der Waals surface area contributed by atoms with Crippen LogP contribution >= 0.6 is 0 Å². The molecule has 1 aromatic rings. The maximum atomic E-state index is 12.6. The zero-order chi connectivity index (χ0) is 14.8. The summed E-state index contributed by atoms with van der Waals surface area (Å²) in [5.41, 5.74) is 6.17. The van der Waals surface area contributed by atoms with Crippen molar-refractivity contribution < 1.29 is 8.42 Å². The molecular formula is C14H23N3O2S. The number of aromatic nitrogens is 1. The van der Waals surface area contributed by atoms with Crippen LogP contribution in [0, 0.1) is 5.92 Å². The van der Waals surface area contributed by atoms with Crippen molar-refractivity contribution >= 4 is 10.0 Å². The first-order valence-electron chi connectivity index (χ1n) is 7.08. The standard InChI is InChI=1S/C14H23N3O2S/c1-11-4-3-5-13(8-11)17(2)20(18,19)14-7-6-12(9-15)16-10-14/h6-7,10-11,13H,3-5,8-9,15H2,1-2H3. The van der Waals surface area contributed by atoms with Gasteiger partial charge in [0, 0.05) is 25.8 Å². The molecule has 0 amide bonds. The molecule has 2 unspecified atom stereocenters. The van der Waals surface area contributed by atoms with Crippen LogP contribution in [-0.2, 0) is 16.6 Å². The highest BCUT2D eigenvalue weighted by molar-refractivity contribution is 7.89. The monoisotopic (exact) mass is 297 g/mol. The van der Waals surface area contributed by atoms with Crippen LogP contribution in [0.1, 0.15) is 38.3 Å². The van der Waals surface area contributed by atoms with Crippen molar-refractivity contribution in [2.24, 2.45) is 11.7 Å². The summed E-state index contributed by atoms with van der Waals surface area (Å²) >= 11 is 0. The Morgan fingerprint density at radius 2 is 2.15 bits per heavy atom. The Morgan fingerprint density at radius 1 is 1.40 bits per heavy atom. The van der Waals surface area contributed by atoms with Crippen molar-refractivity contribution in [1.29, 1.82) is 0 Å². The van der Waals surface area contributed by atoms with Crippen LogP contribution in [0.3, 0.4) is 0 Å². The molecule has 1 aromatic heterocycles. The third-order valence-electron chi connectivity index (χ3n) is 4.11. The van der Waals surface area contributed by atoms with E-state index in [0.29, 0.717) is 18.2 Å². The van der Waals surface area contributed by atoms with Gasteiger partial charge in [0.05, 0.1) is 5.69 Å². The minimum absolute atomic E-state index is 0.0953. The highest BCUT2D eigenvalue weighted by atomic mass is 32.2. The van der Waals surface area contributed by atoms with E-state index in [-0.39, 0.29) is 10.9 Å².